The summed E-state index contributed by atoms with van der Waals surface area (Å²) in [5.74, 6) is 1.68. The number of carbonyl (C=O) groups is 1. The molecule has 2 N–H and O–H groups in total. The van der Waals surface area contributed by atoms with Crippen LogP contribution in [0.5, 0.6) is 0 Å². The highest BCUT2D eigenvalue weighted by atomic mass is 16.2. The first kappa shape index (κ1) is 15.1. The molecule has 3 aromatic heterocycles. The topological polar surface area (TPSA) is 86.8 Å². The number of pyridine rings is 2. The van der Waals surface area contributed by atoms with Crippen molar-refractivity contribution in [3.8, 4) is 11.3 Å². The summed E-state index contributed by atoms with van der Waals surface area (Å²) in [5, 5.41) is 9.93. The summed E-state index contributed by atoms with van der Waals surface area (Å²) in [6.45, 7) is 1.94. The van der Waals surface area contributed by atoms with Gasteiger partial charge in [-0.2, -0.15) is 5.10 Å². The molecule has 2 unspecified atom stereocenters. The molecule has 1 saturated carbocycles. The molecule has 0 aromatic carbocycles. The fraction of sp³-hybridized carbons (Fsp3) is 0.263. The molecule has 2 amide bonds. The molecule has 7 heteroatoms. The van der Waals surface area contributed by atoms with Gasteiger partial charge in [0.15, 0.2) is 0 Å². The molecule has 5 rings (SSSR count). The summed E-state index contributed by atoms with van der Waals surface area (Å²) in [6, 6.07) is 9.59. The molecule has 130 valence electrons. The molecule has 0 saturated heterocycles. The van der Waals surface area contributed by atoms with Crippen molar-refractivity contribution in [3.63, 3.8) is 0 Å². The lowest BCUT2D eigenvalue weighted by Gasteiger charge is -2.35. The molecule has 4 heterocycles. The van der Waals surface area contributed by atoms with Gasteiger partial charge in [0.1, 0.15) is 11.6 Å². The Labute approximate surface area is 150 Å². The molecular weight excluding hydrogens is 328 g/mol. The number of urea groups is 1. The first-order valence-electron chi connectivity index (χ1n) is 8.75. The number of nitrogens with one attached hydrogen (secondary N) is 2. The minimum absolute atomic E-state index is 0.175. The van der Waals surface area contributed by atoms with Crippen LogP contribution in [0.4, 0.5) is 16.4 Å². The fourth-order valence-electron chi connectivity index (χ4n) is 3.87. The molecule has 0 radical (unpaired) electrons. The maximum Gasteiger partial charge on any atom is 0.328 e. The number of hydrogen-bond acceptors (Lipinski definition) is 4. The van der Waals surface area contributed by atoms with Crippen LogP contribution in [-0.2, 0) is 0 Å². The number of carbonyl (C=O) groups excluding carboxylic acids is 1. The number of H-pyrrole nitrogens is 1. The number of aromatic nitrogens is 4. The molecule has 3 aromatic rings. The van der Waals surface area contributed by atoms with E-state index in [-0.39, 0.29) is 12.1 Å². The van der Waals surface area contributed by atoms with Gasteiger partial charge >= 0.3 is 6.03 Å². The second-order valence-corrected chi connectivity index (χ2v) is 6.76. The van der Waals surface area contributed by atoms with Crippen LogP contribution >= 0.6 is 0 Å². The van der Waals surface area contributed by atoms with Gasteiger partial charge in [0.05, 0.1) is 11.4 Å². The largest absolute Gasteiger partial charge is 0.328 e. The van der Waals surface area contributed by atoms with Crippen LogP contribution in [0.15, 0.2) is 42.7 Å². The van der Waals surface area contributed by atoms with E-state index in [0.29, 0.717) is 11.7 Å². The Hall–Kier alpha value is -3.22. The minimum atomic E-state index is -0.175. The molecular formula is C19H18N6O. The first-order chi connectivity index (χ1) is 12.7. The zero-order valence-electron chi connectivity index (χ0n) is 14.3. The molecule has 2 aliphatic rings. The van der Waals surface area contributed by atoms with E-state index in [4.69, 9.17) is 4.98 Å². The summed E-state index contributed by atoms with van der Waals surface area (Å²) >= 11 is 0. The standard InChI is InChI=1S/C19H18N6O/c1-11-14(10-21-24-11)15-7-5-13-12-6-8-16(12)25(18(13)22-15)19(26)23-17-4-2-3-9-20-17/h2-5,7,9-10,12,16H,6,8H2,1H3,(H,21,24)(H,20,23,26). The summed E-state index contributed by atoms with van der Waals surface area (Å²) in [6.07, 6.45) is 5.59. The van der Waals surface area contributed by atoms with Crippen LogP contribution in [0.2, 0.25) is 0 Å². The summed E-state index contributed by atoms with van der Waals surface area (Å²) in [4.78, 5) is 23.8. The lowest BCUT2D eigenvalue weighted by Crippen LogP contribution is -2.46. The molecule has 2 atom stereocenters. The third kappa shape index (κ3) is 2.20. The average molecular weight is 346 g/mol. The summed E-state index contributed by atoms with van der Waals surface area (Å²) < 4.78 is 0. The average Bonchev–Trinajstić information content (AvgIpc) is 3.14. The monoisotopic (exact) mass is 346 g/mol. The second kappa shape index (κ2) is 5.66. The number of nitrogens with zero attached hydrogens (tertiary/aromatic N) is 4. The number of aromatic amines is 1. The van der Waals surface area contributed by atoms with Crippen LogP contribution in [0.25, 0.3) is 11.3 Å². The highest BCUT2D eigenvalue weighted by molar-refractivity contribution is 6.03. The third-order valence-electron chi connectivity index (χ3n) is 5.33. The van der Waals surface area contributed by atoms with Gasteiger partial charge in [0.25, 0.3) is 0 Å². The van der Waals surface area contributed by atoms with E-state index in [2.05, 4.69) is 26.6 Å². The normalized spacial score (nSPS) is 20.3. The van der Waals surface area contributed by atoms with Gasteiger partial charge in [-0.25, -0.2) is 14.8 Å². The lowest BCUT2D eigenvalue weighted by molar-refractivity contribution is 0.248. The zero-order valence-corrected chi connectivity index (χ0v) is 14.3. The molecule has 0 spiro atoms. The second-order valence-electron chi connectivity index (χ2n) is 6.76. The van der Waals surface area contributed by atoms with Crippen molar-refractivity contribution in [1.29, 1.82) is 0 Å². The van der Waals surface area contributed by atoms with Crippen molar-refractivity contribution in [2.75, 3.05) is 10.2 Å². The van der Waals surface area contributed by atoms with Crippen molar-refractivity contribution in [3.05, 3.63) is 54.0 Å². The SMILES string of the molecule is Cc1n[nH]cc1-c1ccc2c(n1)N(C(=O)Nc1ccccn1)C1CCC21. The molecule has 1 aliphatic carbocycles. The van der Waals surface area contributed by atoms with Crippen molar-refractivity contribution >= 4 is 17.7 Å². The van der Waals surface area contributed by atoms with Crippen molar-refractivity contribution in [1.82, 2.24) is 20.2 Å². The van der Waals surface area contributed by atoms with Crippen LogP contribution in [0, 0.1) is 6.92 Å². The van der Waals surface area contributed by atoms with Gasteiger partial charge in [0.2, 0.25) is 0 Å². The molecule has 0 bridgehead atoms. The van der Waals surface area contributed by atoms with Gasteiger partial charge in [0, 0.05) is 35.5 Å². The van der Waals surface area contributed by atoms with Gasteiger partial charge in [-0.1, -0.05) is 12.1 Å². The smallest absolute Gasteiger partial charge is 0.292 e. The molecule has 26 heavy (non-hydrogen) atoms. The Morgan fingerprint density at radius 2 is 2.19 bits per heavy atom. The van der Waals surface area contributed by atoms with Crippen LogP contribution in [0.3, 0.4) is 0 Å². The van der Waals surface area contributed by atoms with Gasteiger partial charge < -0.3 is 0 Å². The summed E-state index contributed by atoms with van der Waals surface area (Å²) in [5.41, 5.74) is 3.83. The van der Waals surface area contributed by atoms with Gasteiger partial charge in [-0.3, -0.25) is 15.3 Å². The highest BCUT2D eigenvalue weighted by Crippen LogP contribution is 2.51. The molecule has 1 aliphatic heterocycles. The quantitative estimate of drug-likeness (QED) is 0.744. The maximum absolute atomic E-state index is 12.9. The number of aryl methyl sites for hydroxylation is 1. The van der Waals surface area contributed by atoms with E-state index in [1.165, 1.54) is 0 Å². The Balaban J connectivity index is 1.52. The van der Waals surface area contributed by atoms with E-state index >= 15 is 0 Å². The predicted octanol–water partition coefficient (Wildman–Crippen LogP) is 3.47. The Bertz CT molecular complexity index is 983. The van der Waals surface area contributed by atoms with Crippen molar-refractivity contribution in [2.24, 2.45) is 0 Å². The Morgan fingerprint density at radius 1 is 1.27 bits per heavy atom. The number of rotatable bonds is 2. The van der Waals surface area contributed by atoms with Crippen LogP contribution in [0.1, 0.15) is 30.0 Å². The van der Waals surface area contributed by atoms with E-state index < -0.39 is 0 Å². The third-order valence-corrected chi connectivity index (χ3v) is 5.33. The van der Waals surface area contributed by atoms with Crippen molar-refractivity contribution in [2.45, 2.75) is 31.7 Å². The highest BCUT2D eigenvalue weighted by Gasteiger charge is 2.48. The number of hydrogen-bond donors (Lipinski definition) is 2. The predicted molar refractivity (Wildman–Crippen MR) is 98.1 cm³/mol. The minimum Gasteiger partial charge on any atom is -0.292 e. The zero-order chi connectivity index (χ0) is 17.7. The summed E-state index contributed by atoms with van der Waals surface area (Å²) in [7, 11) is 0. The number of amides is 2. The van der Waals surface area contributed by atoms with E-state index in [9.17, 15) is 4.79 Å². The van der Waals surface area contributed by atoms with Crippen LogP contribution in [-0.4, -0.2) is 32.2 Å². The first-order valence-corrected chi connectivity index (χ1v) is 8.75. The molecule has 1 fully saturated rings. The Kier molecular flexibility index (Phi) is 3.28. The van der Waals surface area contributed by atoms with Crippen LogP contribution < -0.4 is 10.2 Å². The van der Waals surface area contributed by atoms with E-state index in [0.717, 1.165) is 41.2 Å². The fourth-order valence-corrected chi connectivity index (χ4v) is 3.87. The van der Waals surface area contributed by atoms with Gasteiger partial charge in [-0.05, 0) is 38.0 Å². The number of fused-ring (bicyclic) bond motifs is 3. The molecule has 7 nitrogen and oxygen atoms in total. The maximum atomic E-state index is 12.9. The Morgan fingerprint density at radius 3 is 2.88 bits per heavy atom. The van der Waals surface area contributed by atoms with E-state index in [1.54, 1.807) is 17.2 Å². The van der Waals surface area contributed by atoms with Crippen molar-refractivity contribution < 1.29 is 4.79 Å². The van der Waals surface area contributed by atoms with Gasteiger partial charge in [-0.15, -0.1) is 0 Å². The van der Waals surface area contributed by atoms with E-state index in [1.807, 2.05) is 31.3 Å². The number of anilines is 2. The lowest BCUT2D eigenvalue weighted by atomic mass is 9.78.